The molecule has 0 spiro atoms. The molecule has 1 fully saturated rings. The summed E-state index contributed by atoms with van der Waals surface area (Å²) < 4.78 is 18.7. The second kappa shape index (κ2) is 3.98. The Kier molecular flexibility index (Phi) is 2.68. The van der Waals surface area contributed by atoms with Gasteiger partial charge in [-0.15, -0.1) is 0 Å². The van der Waals surface area contributed by atoms with Crippen LogP contribution in [-0.2, 0) is 9.53 Å². The number of rotatable bonds is 2. The summed E-state index contributed by atoms with van der Waals surface area (Å²) in [6.45, 7) is 0.371. The van der Waals surface area contributed by atoms with E-state index in [2.05, 4.69) is 0 Å². The molecule has 1 aliphatic heterocycles. The minimum Gasteiger partial charge on any atom is -0.481 e. The standard InChI is InChI=1S/C11H11FO3/c12-9-4-2-1-3-7(9)10-8(11(13)14)5-6-15-10/h1-4,8,10H,5-6H2,(H,13,14). The van der Waals surface area contributed by atoms with E-state index >= 15 is 0 Å². The molecule has 80 valence electrons. The molecule has 0 bridgehead atoms. The molecule has 0 amide bonds. The quantitative estimate of drug-likeness (QED) is 0.811. The highest BCUT2D eigenvalue weighted by Crippen LogP contribution is 2.35. The molecule has 1 aromatic carbocycles. The Morgan fingerprint density at radius 2 is 2.20 bits per heavy atom. The van der Waals surface area contributed by atoms with Crippen LogP contribution in [0.5, 0.6) is 0 Å². The first-order chi connectivity index (χ1) is 7.20. The van der Waals surface area contributed by atoms with Crippen LogP contribution in [0.2, 0.25) is 0 Å². The second-order valence-corrected chi connectivity index (χ2v) is 3.55. The number of carboxylic acids is 1. The van der Waals surface area contributed by atoms with E-state index in [0.29, 0.717) is 18.6 Å². The maximum Gasteiger partial charge on any atom is 0.309 e. The van der Waals surface area contributed by atoms with Crippen molar-refractivity contribution in [2.75, 3.05) is 6.61 Å². The number of aliphatic carboxylic acids is 1. The third-order valence-electron chi connectivity index (χ3n) is 2.62. The predicted molar refractivity (Wildman–Crippen MR) is 50.8 cm³/mol. The summed E-state index contributed by atoms with van der Waals surface area (Å²) in [4.78, 5) is 10.9. The summed E-state index contributed by atoms with van der Waals surface area (Å²) in [5.74, 6) is -1.97. The summed E-state index contributed by atoms with van der Waals surface area (Å²) in [6.07, 6.45) is -0.211. The fourth-order valence-electron chi connectivity index (χ4n) is 1.85. The van der Waals surface area contributed by atoms with Crippen molar-refractivity contribution in [1.82, 2.24) is 0 Å². The van der Waals surface area contributed by atoms with Gasteiger partial charge in [0.1, 0.15) is 5.82 Å². The Hall–Kier alpha value is -1.42. The van der Waals surface area contributed by atoms with Gasteiger partial charge in [0, 0.05) is 12.2 Å². The van der Waals surface area contributed by atoms with Crippen molar-refractivity contribution in [1.29, 1.82) is 0 Å². The van der Waals surface area contributed by atoms with Gasteiger partial charge in [-0.1, -0.05) is 18.2 Å². The molecule has 2 rings (SSSR count). The molecular weight excluding hydrogens is 199 g/mol. The van der Waals surface area contributed by atoms with Gasteiger partial charge in [0.25, 0.3) is 0 Å². The Morgan fingerprint density at radius 3 is 2.87 bits per heavy atom. The third kappa shape index (κ3) is 1.85. The van der Waals surface area contributed by atoms with E-state index in [1.165, 1.54) is 6.07 Å². The van der Waals surface area contributed by atoms with Gasteiger partial charge >= 0.3 is 5.97 Å². The van der Waals surface area contributed by atoms with Crippen molar-refractivity contribution in [2.45, 2.75) is 12.5 Å². The van der Waals surface area contributed by atoms with Gasteiger partial charge in [0.2, 0.25) is 0 Å². The van der Waals surface area contributed by atoms with Crippen molar-refractivity contribution in [3.05, 3.63) is 35.6 Å². The Morgan fingerprint density at radius 1 is 1.47 bits per heavy atom. The van der Waals surface area contributed by atoms with Crippen molar-refractivity contribution >= 4 is 5.97 Å². The lowest BCUT2D eigenvalue weighted by Crippen LogP contribution is -2.18. The number of benzene rings is 1. The van der Waals surface area contributed by atoms with Crippen LogP contribution in [0.25, 0.3) is 0 Å². The molecule has 0 radical (unpaired) electrons. The Labute approximate surface area is 86.5 Å². The summed E-state index contributed by atoms with van der Waals surface area (Å²) in [5.41, 5.74) is 0.336. The number of ether oxygens (including phenoxy) is 1. The first-order valence-electron chi connectivity index (χ1n) is 4.79. The monoisotopic (exact) mass is 210 g/mol. The molecule has 15 heavy (non-hydrogen) atoms. The van der Waals surface area contributed by atoms with E-state index in [9.17, 15) is 9.18 Å². The zero-order valence-corrected chi connectivity index (χ0v) is 8.02. The average Bonchev–Trinajstić information content (AvgIpc) is 2.67. The molecular formula is C11H11FO3. The number of hydrogen-bond donors (Lipinski definition) is 1. The van der Waals surface area contributed by atoms with Gasteiger partial charge < -0.3 is 9.84 Å². The average molecular weight is 210 g/mol. The van der Waals surface area contributed by atoms with Gasteiger partial charge in [0.15, 0.2) is 0 Å². The minimum atomic E-state index is -0.930. The Bertz CT molecular complexity index is 378. The van der Waals surface area contributed by atoms with E-state index in [1.54, 1.807) is 18.2 Å². The highest BCUT2D eigenvalue weighted by atomic mass is 19.1. The van der Waals surface area contributed by atoms with Crippen LogP contribution in [0.15, 0.2) is 24.3 Å². The SMILES string of the molecule is O=C(O)C1CCOC1c1ccccc1F. The Balaban J connectivity index is 2.30. The van der Waals surface area contributed by atoms with Crippen LogP contribution in [0.1, 0.15) is 18.1 Å². The van der Waals surface area contributed by atoms with Crippen molar-refractivity contribution in [3.63, 3.8) is 0 Å². The van der Waals surface area contributed by atoms with Gasteiger partial charge in [-0.25, -0.2) is 4.39 Å². The van der Waals surface area contributed by atoms with Crippen molar-refractivity contribution in [3.8, 4) is 0 Å². The molecule has 0 saturated carbocycles. The maximum absolute atomic E-state index is 13.4. The zero-order valence-electron chi connectivity index (χ0n) is 8.02. The smallest absolute Gasteiger partial charge is 0.309 e. The molecule has 1 heterocycles. The first kappa shape index (κ1) is 10.1. The number of hydrogen-bond acceptors (Lipinski definition) is 2. The lowest BCUT2D eigenvalue weighted by Gasteiger charge is -2.15. The minimum absolute atomic E-state index is 0.336. The molecule has 0 aromatic heterocycles. The molecule has 2 atom stereocenters. The topological polar surface area (TPSA) is 46.5 Å². The maximum atomic E-state index is 13.4. The van der Waals surface area contributed by atoms with Crippen LogP contribution in [0, 0.1) is 11.7 Å². The lowest BCUT2D eigenvalue weighted by molar-refractivity contribution is -0.143. The molecule has 2 unspecified atom stereocenters. The van der Waals surface area contributed by atoms with Gasteiger partial charge in [0.05, 0.1) is 12.0 Å². The van der Waals surface area contributed by atoms with Crippen LogP contribution in [0.3, 0.4) is 0 Å². The molecule has 4 heteroatoms. The second-order valence-electron chi connectivity index (χ2n) is 3.55. The fourth-order valence-corrected chi connectivity index (χ4v) is 1.85. The molecule has 1 aromatic rings. The number of carbonyl (C=O) groups is 1. The zero-order chi connectivity index (χ0) is 10.8. The van der Waals surface area contributed by atoms with E-state index in [-0.39, 0.29) is 0 Å². The van der Waals surface area contributed by atoms with E-state index in [4.69, 9.17) is 9.84 Å². The van der Waals surface area contributed by atoms with E-state index in [0.717, 1.165) is 0 Å². The summed E-state index contributed by atoms with van der Waals surface area (Å²) >= 11 is 0. The van der Waals surface area contributed by atoms with Crippen LogP contribution in [-0.4, -0.2) is 17.7 Å². The normalized spacial score (nSPS) is 25.4. The first-order valence-corrected chi connectivity index (χ1v) is 4.79. The summed E-state index contributed by atoms with van der Waals surface area (Å²) in [6, 6.07) is 6.14. The van der Waals surface area contributed by atoms with Gasteiger partial charge in [-0.05, 0) is 12.5 Å². The van der Waals surface area contributed by atoms with E-state index in [1.807, 2.05) is 0 Å². The molecule has 1 aliphatic rings. The van der Waals surface area contributed by atoms with Crippen LogP contribution in [0.4, 0.5) is 4.39 Å². The summed E-state index contributed by atoms with van der Waals surface area (Å²) in [5, 5.41) is 8.93. The van der Waals surface area contributed by atoms with Crippen molar-refractivity contribution < 1.29 is 19.0 Å². The number of halogens is 1. The molecule has 3 nitrogen and oxygen atoms in total. The van der Waals surface area contributed by atoms with Crippen molar-refractivity contribution in [2.24, 2.45) is 5.92 Å². The predicted octanol–water partition coefficient (Wildman–Crippen LogP) is 1.99. The van der Waals surface area contributed by atoms with Gasteiger partial charge in [-0.2, -0.15) is 0 Å². The lowest BCUT2D eigenvalue weighted by atomic mass is 9.95. The van der Waals surface area contributed by atoms with Crippen LogP contribution < -0.4 is 0 Å². The largest absolute Gasteiger partial charge is 0.481 e. The molecule has 1 saturated heterocycles. The molecule has 1 N–H and O–H groups in total. The fraction of sp³-hybridized carbons (Fsp3) is 0.364. The van der Waals surface area contributed by atoms with E-state index < -0.39 is 23.8 Å². The molecule has 0 aliphatic carbocycles. The van der Waals surface area contributed by atoms with Gasteiger partial charge in [-0.3, -0.25) is 4.79 Å². The summed E-state index contributed by atoms with van der Waals surface area (Å²) in [7, 11) is 0. The highest BCUT2D eigenvalue weighted by Gasteiger charge is 2.36. The third-order valence-corrected chi connectivity index (χ3v) is 2.62. The highest BCUT2D eigenvalue weighted by molar-refractivity contribution is 5.71. The number of carboxylic acid groups (broad SMARTS) is 1. The van der Waals surface area contributed by atoms with Crippen LogP contribution >= 0.6 is 0 Å².